The zero-order valence-electron chi connectivity index (χ0n) is 21.9. The molecule has 1 aromatic heterocycles. The van der Waals surface area contributed by atoms with E-state index >= 15 is 0 Å². The van der Waals surface area contributed by atoms with E-state index in [1.807, 2.05) is 30.3 Å². The molecule has 1 N–H and O–H groups in total. The Labute approximate surface area is 246 Å². The molecular weight excluding hydrogens is 612 g/mol. The van der Waals surface area contributed by atoms with Crippen molar-refractivity contribution in [2.75, 3.05) is 20.5 Å². The third-order valence-electron chi connectivity index (χ3n) is 6.66. The molecule has 9 nitrogen and oxygen atoms in total. The number of aromatic nitrogens is 1. The van der Waals surface area contributed by atoms with Gasteiger partial charge in [-0.15, -0.1) is 0 Å². The molecule has 0 unspecified atom stereocenters. The first-order chi connectivity index (χ1) is 19.9. The quantitative estimate of drug-likeness (QED) is 0.318. The maximum Gasteiger partial charge on any atom is 0.338 e. The van der Waals surface area contributed by atoms with Crippen LogP contribution in [0.1, 0.15) is 29.7 Å². The fourth-order valence-electron chi connectivity index (χ4n) is 4.84. The van der Waals surface area contributed by atoms with Crippen LogP contribution in [0.15, 0.2) is 80.5 Å². The number of ether oxygens (including phenoxy) is 4. The standard InChI is InChI=1S/C30H23BrN2O7S/c1-3-38-29(36)24-25(16-7-5-4-6-8-16)32-30-33(26(24)17-9-10-20-21(12-17)40-15-39-20)28(35)23(41-30)13-18-11-19(31)14-22(37-2)27(18)34/h4-14,26,34H,3,15H2,1-2H3/b23-13-/t26-/m0/s1. The van der Waals surface area contributed by atoms with Gasteiger partial charge in [0.05, 0.1) is 35.6 Å². The summed E-state index contributed by atoms with van der Waals surface area (Å²) in [6.45, 7) is 1.95. The Bertz CT molecular complexity index is 1900. The number of esters is 1. The lowest BCUT2D eigenvalue weighted by molar-refractivity contribution is -0.138. The smallest absolute Gasteiger partial charge is 0.338 e. The van der Waals surface area contributed by atoms with Gasteiger partial charge in [0.15, 0.2) is 27.8 Å². The zero-order chi connectivity index (χ0) is 28.7. The number of phenolic OH excluding ortho intramolecular Hbond substituents is 1. The molecule has 3 aromatic carbocycles. The van der Waals surface area contributed by atoms with Crippen molar-refractivity contribution in [2.45, 2.75) is 13.0 Å². The summed E-state index contributed by atoms with van der Waals surface area (Å²) in [5.41, 5.74) is 1.96. The second kappa shape index (κ2) is 10.9. The Kier molecular flexibility index (Phi) is 7.14. The SMILES string of the molecule is CCOC(=O)C1=C(c2ccccc2)N=c2s/c(=C\c3cc(Br)cc(OC)c3O)c(=O)n2[C@H]1c1ccc2c(c1)OCO2. The molecule has 0 spiro atoms. The molecule has 0 radical (unpaired) electrons. The number of fused-ring (bicyclic) bond motifs is 2. The van der Waals surface area contributed by atoms with Gasteiger partial charge in [0.25, 0.3) is 5.56 Å². The number of halogens is 1. The van der Waals surface area contributed by atoms with Gasteiger partial charge in [0, 0.05) is 15.6 Å². The van der Waals surface area contributed by atoms with Crippen LogP contribution < -0.4 is 29.1 Å². The van der Waals surface area contributed by atoms with Crippen molar-refractivity contribution in [1.29, 1.82) is 0 Å². The molecule has 41 heavy (non-hydrogen) atoms. The summed E-state index contributed by atoms with van der Waals surface area (Å²) in [5, 5.41) is 10.8. The first-order valence-electron chi connectivity index (χ1n) is 12.6. The van der Waals surface area contributed by atoms with Gasteiger partial charge in [-0.3, -0.25) is 9.36 Å². The van der Waals surface area contributed by atoms with Gasteiger partial charge in [-0.25, -0.2) is 9.79 Å². The number of aromatic hydroxyl groups is 1. The molecule has 0 saturated carbocycles. The van der Waals surface area contributed by atoms with E-state index in [4.69, 9.17) is 23.9 Å². The minimum atomic E-state index is -0.872. The molecule has 0 fully saturated rings. The number of phenols is 1. The number of methoxy groups -OCH3 is 1. The molecule has 0 amide bonds. The van der Waals surface area contributed by atoms with E-state index in [2.05, 4.69) is 15.9 Å². The van der Waals surface area contributed by atoms with Crippen molar-refractivity contribution in [3.63, 3.8) is 0 Å². The molecule has 0 bridgehead atoms. The van der Waals surface area contributed by atoms with Crippen molar-refractivity contribution < 1.29 is 28.8 Å². The van der Waals surface area contributed by atoms with Gasteiger partial charge in [-0.2, -0.15) is 0 Å². The van der Waals surface area contributed by atoms with Crippen LogP contribution in [0, 0.1) is 0 Å². The van der Waals surface area contributed by atoms with Gasteiger partial charge in [0.2, 0.25) is 6.79 Å². The lowest BCUT2D eigenvalue weighted by atomic mass is 9.93. The Hall–Kier alpha value is -4.35. The maximum atomic E-state index is 14.1. The van der Waals surface area contributed by atoms with Crippen molar-refractivity contribution in [1.82, 2.24) is 4.57 Å². The van der Waals surface area contributed by atoms with Crippen LogP contribution >= 0.6 is 27.3 Å². The summed E-state index contributed by atoms with van der Waals surface area (Å²) in [5.74, 6) is 0.655. The van der Waals surface area contributed by atoms with E-state index in [0.29, 0.717) is 47.7 Å². The molecule has 3 heterocycles. The van der Waals surface area contributed by atoms with Gasteiger partial charge < -0.3 is 24.1 Å². The fraction of sp³-hybridized carbons (Fsp3) is 0.167. The second-order valence-corrected chi connectivity index (χ2v) is 11.0. The third-order valence-corrected chi connectivity index (χ3v) is 8.10. The number of carbonyl (C=O) groups is 1. The number of nitrogens with zero attached hydrogens (tertiary/aromatic N) is 2. The maximum absolute atomic E-state index is 14.1. The van der Waals surface area contributed by atoms with Crippen molar-refractivity contribution >= 4 is 45.0 Å². The first kappa shape index (κ1) is 26.9. The van der Waals surface area contributed by atoms with Crippen LogP contribution in [-0.4, -0.2) is 36.2 Å². The molecule has 6 rings (SSSR count). The van der Waals surface area contributed by atoms with E-state index in [-0.39, 0.29) is 36.0 Å². The number of hydrogen-bond acceptors (Lipinski definition) is 9. The second-order valence-electron chi connectivity index (χ2n) is 9.09. The molecule has 2 aliphatic heterocycles. The van der Waals surface area contributed by atoms with Crippen molar-refractivity contribution in [3.05, 3.63) is 107 Å². The van der Waals surface area contributed by atoms with E-state index in [1.165, 1.54) is 11.7 Å². The van der Waals surface area contributed by atoms with Gasteiger partial charge >= 0.3 is 5.97 Å². The van der Waals surface area contributed by atoms with Crippen LogP contribution in [-0.2, 0) is 9.53 Å². The van der Waals surface area contributed by atoms with E-state index in [0.717, 1.165) is 11.3 Å². The molecular formula is C30H23BrN2O7S. The lowest BCUT2D eigenvalue weighted by Crippen LogP contribution is -2.40. The molecule has 0 aliphatic carbocycles. The van der Waals surface area contributed by atoms with Crippen LogP contribution in [0.5, 0.6) is 23.0 Å². The highest BCUT2D eigenvalue weighted by molar-refractivity contribution is 9.10. The molecule has 4 aromatic rings. The number of hydrogen-bond donors (Lipinski definition) is 1. The van der Waals surface area contributed by atoms with Crippen molar-refractivity contribution in [3.8, 4) is 23.0 Å². The van der Waals surface area contributed by atoms with Gasteiger partial charge in [-0.1, -0.05) is 63.7 Å². The summed E-state index contributed by atoms with van der Waals surface area (Å²) in [7, 11) is 1.45. The highest BCUT2D eigenvalue weighted by Crippen LogP contribution is 2.40. The van der Waals surface area contributed by atoms with Crippen molar-refractivity contribution in [2.24, 2.45) is 4.99 Å². The Morgan fingerprint density at radius 2 is 1.95 bits per heavy atom. The first-order valence-corrected chi connectivity index (χ1v) is 14.2. The fourth-order valence-corrected chi connectivity index (χ4v) is 6.29. The zero-order valence-corrected chi connectivity index (χ0v) is 24.3. The number of rotatable bonds is 6. The van der Waals surface area contributed by atoms with Crippen LogP contribution in [0.3, 0.4) is 0 Å². The molecule has 2 aliphatic rings. The minimum absolute atomic E-state index is 0.0803. The molecule has 11 heteroatoms. The summed E-state index contributed by atoms with van der Waals surface area (Å²) in [6.07, 6.45) is 1.58. The molecule has 208 valence electrons. The Morgan fingerprint density at radius 3 is 2.71 bits per heavy atom. The van der Waals surface area contributed by atoms with Crippen LogP contribution in [0.4, 0.5) is 0 Å². The summed E-state index contributed by atoms with van der Waals surface area (Å²) >= 11 is 4.58. The van der Waals surface area contributed by atoms with Crippen LogP contribution in [0.2, 0.25) is 0 Å². The van der Waals surface area contributed by atoms with Gasteiger partial charge in [0.1, 0.15) is 0 Å². The lowest BCUT2D eigenvalue weighted by Gasteiger charge is -2.26. The highest BCUT2D eigenvalue weighted by atomic mass is 79.9. The highest BCUT2D eigenvalue weighted by Gasteiger charge is 2.36. The predicted molar refractivity (Wildman–Crippen MR) is 156 cm³/mol. The third kappa shape index (κ3) is 4.81. The Balaban J connectivity index is 1.65. The minimum Gasteiger partial charge on any atom is -0.504 e. The topological polar surface area (TPSA) is 109 Å². The monoisotopic (exact) mass is 634 g/mol. The summed E-state index contributed by atoms with van der Waals surface area (Å²) in [6, 6.07) is 17.1. The largest absolute Gasteiger partial charge is 0.504 e. The Morgan fingerprint density at radius 1 is 1.17 bits per heavy atom. The normalized spacial score (nSPS) is 15.9. The van der Waals surface area contributed by atoms with E-state index in [1.54, 1.807) is 43.3 Å². The van der Waals surface area contributed by atoms with Gasteiger partial charge in [-0.05, 0) is 42.8 Å². The number of benzene rings is 3. The average Bonchev–Trinajstić information content (AvgIpc) is 3.58. The summed E-state index contributed by atoms with van der Waals surface area (Å²) in [4.78, 5) is 32.9. The van der Waals surface area contributed by atoms with E-state index in [9.17, 15) is 14.7 Å². The molecule has 0 saturated heterocycles. The molecule has 1 atom stereocenters. The summed E-state index contributed by atoms with van der Waals surface area (Å²) < 4.78 is 24.4. The average molecular weight is 635 g/mol. The number of carbonyl (C=O) groups excluding carboxylic acids is 1. The van der Waals surface area contributed by atoms with E-state index < -0.39 is 12.0 Å². The van der Waals surface area contributed by atoms with Crippen LogP contribution in [0.25, 0.3) is 11.8 Å². The number of thiazole rings is 1. The predicted octanol–water partition coefficient (Wildman–Crippen LogP) is 4.14.